The predicted molar refractivity (Wildman–Crippen MR) is 87.0 cm³/mol. The van der Waals surface area contributed by atoms with Gasteiger partial charge in [-0.1, -0.05) is 12.1 Å². The van der Waals surface area contributed by atoms with E-state index in [1.165, 1.54) is 0 Å². The SMILES string of the molecule is COc1ccc(C2(CNC(=O)C3(C(=O)O)CC3)CCOCC2)cc1. The van der Waals surface area contributed by atoms with Crippen LogP contribution in [0.2, 0.25) is 0 Å². The molecule has 1 amide bonds. The lowest BCUT2D eigenvalue weighted by atomic mass is 9.74. The third-order valence-electron chi connectivity index (χ3n) is 5.33. The molecule has 2 N–H and O–H groups in total. The van der Waals surface area contributed by atoms with Gasteiger partial charge in [-0.25, -0.2) is 0 Å². The van der Waals surface area contributed by atoms with E-state index in [1.807, 2.05) is 24.3 Å². The number of rotatable bonds is 6. The highest BCUT2D eigenvalue weighted by Gasteiger charge is 2.57. The molecule has 1 saturated carbocycles. The third-order valence-corrected chi connectivity index (χ3v) is 5.33. The van der Waals surface area contributed by atoms with Gasteiger partial charge in [0.15, 0.2) is 0 Å². The summed E-state index contributed by atoms with van der Waals surface area (Å²) in [5.74, 6) is -0.604. The molecule has 0 atom stereocenters. The van der Waals surface area contributed by atoms with Crippen LogP contribution in [-0.2, 0) is 19.7 Å². The zero-order valence-corrected chi connectivity index (χ0v) is 13.8. The fourth-order valence-electron chi connectivity index (χ4n) is 3.36. The Labute approximate surface area is 141 Å². The highest BCUT2D eigenvalue weighted by atomic mass is 16.5. The molecule has 0 aromatic heterocycles. The Morgan fingerprint density at radius 1 is 1.17 bits per heavy atom. The first-order valence-corrected chi connectivity index (χ1v) is 8.26. The van der Waals surface area contributed by atoms with Crippen molar-refractivity contribution in [2.24, 2.45) is 5.41 Å². The Balaban J connectivity index is 1.76. The molecular formula is C18H23NO5. The maximum atomic E-state index is 12.3. The van der Waals surface area contributed by atoms with Gasteiger partial charge in [-0.2, -0.15) is 0 Å². The number of aliphatic carboxylic acids is 1. The lowest BCUT2D eigenvalue weighted by molar-refractivity contribution is -0.149. The molecule has 1 aliphatic heterocycles. The molecule has 2 aliphatic rings. The zero-order valence-electron chi connectivity index (χ0n) is 13.8. The fourth-order valence-corrected chi connectivity index (χ4v) is 3.36. The Morgan fingerprint density at radius 2 is 1.79 bits per heavy atom. The van der Waals surface area contributed by atoms with Crippen molar-refractivity contribution in [2.45, 2.75) is 31.1 Å². The number of carbonyl (C=O) groups excluding carboxylic acids is 1. The molecule has 0 spiro atoms. The minimum Gasteiger partial charge on any atom is -0.497 e. The van der Waals surface area contributed by atoms with E-state index in [0.29, 0.717) is 32.6 Å². The molecule has 1 aromatic carbocycles. The quantitative estimate of drug-likeness (QED) is 0.775. The first-order chi connectivity index (χ1) is 11.5. The van der Waals surface area contributed by atoms with Crippen molar-refractivity contribution in [3.05, 3.63) is 29.8 Å². The molecule has 2 fully saturated rings. The van der Waals surface area contributed by atoms with Crippen molar-refractivity contribution in [1.29, 1.82) is 0 Å². The Hall–Kier alpha value is -2.08. The molecule has 6 nitrogen and oxygen atoms in total. The number of hydrogen-bond acceptors (Lipinski definition) is 4. The van der Waals surface area contributed by atoms with Crippen LogP contribution in [0.4, 0.5) is 0 Å². The van der Waals surface area contributed by atoms with Crippen molar-refractivity contribution in [2.75, 3.05) is 26.9 Å². The Morgan fingerprint density at radius 3 is 2.29 bits per heavy atom. The van der Waals surface area contributed by atoms with Crippen LogP contribution >= 0.6 is 0 Å². The summed E-state index contributed by atoms with van der Waals surface area (Å²) in [4.78, 5) is 23.6. The fraction of sp³-hybridized carbons (Fsp3) is 0.556. The molecular weight excluding hydrogens is 310 g/mol. The summed E-state index contributed by atoms with van der Waals surface area (Å²) in [6.45, 7) is 1.69. The number of carboxylic acids is 1. The average Bonchev–Trinajstić information content (AvgIpc) is 3.43. The zero-order chi connectivity index (χ0) is 17.2. The van der Waals surface area contributed by atoms with Crippen LogP contribution in [0.25, 0.3) is 0 Å². The molecule has 130 valence electrons. The maximum Gasteiger partial charge on any atom is 0.319 e. The number of hydrogen-bond donors (Lipinski definition) is 2. The summed E-state index contributed by atoms with van der Waals surface area (Å²) in [7, 11) is 1.63. The van der Waals surface area contributed by atoms with E-state index in [-0.39, 0.29) is 11.3 Å². The second kappa shape index (κ2) is 6.43. The van der Waals surface area contributed by atoms with Crippen LogP contribution in [0.15, 0.2) is 24.3 Å². The first kappa shape index (κ1) is 16.8. The summed E-state index contributed by atoms with van der Waals surface area (Å²) in [5, 5.41) is 12.2. The van der Waals surface area contributed by atoms with E-state index < -0.39 is 11.4 Å². The first-order valence-electron chi connectivity index (χ1n) is 8.26. The molecule has 1 heterocycles. The van der Waals surface area contributed by atoms with Crippen molar-refractivity contribution < 1.29 is 24.2 Å². The van der Waals surface area contributed by atoms with Crippen molar-refractivity contribution in [3.8, 4) is 5.75 Å². The molecule has 1 aromatic rings. The van der Waals surface area contributed by atoms with E-state index in [1.54, 1.807) is 7.11 Å². The monoisotopic (exact) mass is 333 g/mol. The van der Waals surface area contributed by atoms with E-state index in [2.05, 4.69) is 5.32 Å². The summed E-state index contributed by atoms with van der Waals surface area (Å²) >= 11 is 0. The number of nitrogens with one attached hydrogen (secondary N) is 1. The van der Waals surface area contributed by atoms with Gasteiger partial charge < -0.3 is 19.9 Å². The lowest BCUT2D eigenvalue weighted by Crippen LogP contribution is -2.47. The van der Waals surface area contributed by atoms with E-state index in [9.17, 15) is 14.7 Å². The van der Waals surface area contributed by atoms with Gasteiger partial charge in [-0.3, -0.25) is 9.59 Å². The predicted octanol–water partition coefficient (Wildman–Crippen LogP) is 1.72. The third kappa shape index (κ3) is 2.98. The smallest absolute Gasteiger partial charge is 0.319 e. The second-order valence-corrected chi connectivity index (χ2v) is 6.69. The molecule has 0 unspecified atom stereocenters. The van der Waals surface area contributed by atoms with Gasteiger partial charge in [0, 0.05) is 25.2 Å². The second-order valence-electron chi connectivity index (χ2n) is 6.69. The number of carbonyl (C=O) groups is 2. The minimum absolute atomic E-state index is 0.227. The van der Waals surface area contributed by atoms with Crippen LogP contribution in [0.5, 0.6) is 5.75 Å². The van der Waals surface area contributed by atoms with Gasteiger partial charge >= 0.3 is 5.97 Å². The van der Waals surface area contributed by atoms with Gasteiger partial charge in [0.2, 0.25) is 5.91 Å². The normalized spacial score (nSPS) is 20.9. The summed E-state index contributed by atoms with van der Waals surface area (Å²) < 4.78 is 10.7. The molecule has 1 aliphatic carbocycles. The van der Waals surface area contributed by atoms with Gasteiger partial charge in [0.05, 0.1) is 7.11 Å². The largest absolute Gasteiger partial charge is 0.497 e. The number of carboxylic acid groups (broad SMARTS) is 1. The molecule has 3 rings (SSSR count). The molecule has 0 bridgehead atoms. The standard InChI is InChI=1S/C18H23NO5/c1-23-14-4-2-13(3-5-14)17(8-10-24-11-9-17)12-19-15(20)18(6-7-18)16(21)22/h2-5H,6-12H2,1H3,(H,19,20)(H,21,22). The number of methoxy groups -OCH3 is 1. The van der Waals surface area contributed by atoms with E-state index in [4.69, 9.17) is 9.47 Å². The van der Waals surface area contributed by atoms with E-state index >= 15 is 0 Å². The number of benzene rings is 1. The highest BCUT2D eigenvalue weighted by molar-refractivity contribution is 6.04. The summed E-state index contributed by atoms with van der Waals surface area (Å²) in [6.07, 6.45) is 2.43. The summed E-state index contributed by atoms with van der Waals surface area (Å²) in [6, 6.07) is 7.85. The Bertz CT molecular complexity index is 615. The topological polar surface area (TPSA) is 84.9 Å². The van der Waals surface area contributed by atoms with Crippen LogP contribution in [-0.4, -0.2) is 43.9 Å². The van der Waals surface area contributed by atoms with Crippen molar-refractivity contribution >= 4 is 11.9 Å². The Kier molecular flexibility index (Phi) is 4.49. The summed E-state index contributed by atoms with van der Waals surface area (Å²) in [5.41, 5.74) is -0.312. The average molecular weight is 333 g/mol. The number of amides is 1. The molecule has 1 saturated heterocycles. The van der Waals surface area contributed by atoms with Crippen molar-refractivity contribution in [3.63, 3.8) is 0 Å². The van der Waals surface area contributed by atoms with Gasteiger partial charge in [-0.05, 0) is 43.4 Å². The number of ether oxygens (including phenoxy) is 2. The molecule has 0 radical (unpaired) electrons. The van der Waals surface area contributed by atoms with Gasteiger partial charge in [-0.15, -0.1) is 0 Å². The van der Waals surface area contributed by atoms with Gasteiger partial charge in [0.1, 0.15) is 11.2 Å². The van der Waals surface area contributed by atoms with Crippen LogP contribution in [0.3, 0.4) is 0 Å². The van der Waals surface area contributed by atoms with Crippen molar-refractivity contribution in [1.82, 2.24) is 5.32 Å². The van der Waals surface area contributed by atoms with Crippen LogP contribution in [0.1, 0.15) is 31.2 Å². The van der Waals surface area contributed by atoms with E-state index in [0.717, 1.165) is 24.2 Å². The maximum absolute atomic E-state index is 12.3. The lowest BCUT2D eigenvalue weighted by Gasteiger charge is -2.38. The van der Waals surface area contributed by atoms with Gasteiger partial charge in [0.25, 0.3) is 0 Å². The van der Waals surface area contributed by atoms with Crippen LogP contribution < -0.4 is 10.1 Å². The highest BCUT2D eigenvalue weighted by Crippen LogP contribution is 2.46. The minimum atomic E-state index is -1.20. The molecule has 24 heavy (non-hydrogen) atoms. The van der Waals surface area contributed by atoms with Crippen LogP contribution in [0, 0.1) is 5.41 Å². The molecule has 6 heteroatoms.